The maximum absolute atomic E-state index is 12.6. The molecule has 8 heteroatoms. The minimum Gasteiger partial charge on any atom is -0.451 e. The van der Waals surface area contributed by atoms with Crippen LogP contribution in [0.15, 0.2) is 65.5 Å². The van der Waals surface area contributed by atoms with Crippen LogP contribution in [0.5, 0.6) is 0 Å². The first-order valence-corrected chi connectivity index (χ1v) is 11.8. The third kappa shape index (κ3) is 5.23. The first kappa shape index (κ1) is 23.4. The number of aromatic nitrogens is 2. The topological polar surface area (TPSA) is 101 Å². The van der Waals surface area contributed by atoms with Gasteiger partial charge in [0.2, 0.25) is 0 Å². The molecule has 2 aromatic carbocycles. The van der Waals surface area contributed by atoms with Gasteiger partial charge in [0.05, 0.1) is 5.39 Å². The Labute approximate surface area is 200 Å². The van der Waals surface area contributed by atoms with E-state index < -0.39 is 12.6 Å². The fourth-order valence-electron chi connectivity index (χ4n) is 3.95. The van der Waals surface area contributed by atoms with Gasteiger partial charge in [0.15, 0.2) is 6.61 Å². The molecule has 0 unspecified atom stereocenters. The Morgan fingerprint density at radius 3 is 2.26 bits per heavy atom. The lowest BCUT2D eigenvalue weighted by atomic mass is 9.88. The van der Waals surface area contributed by atoms with Gasteiger partial charge in [-0.05, 0) is 37.0 Å². The van der Waals surface area contributed by atoms with E-state index in [0.717, 1.165) is 11.3 Å². The van der Waals surface area contributed by atoms with Crippen LogP contribution in [-0.4, -0.2) is 35.0 Å². The molecule has 0 atom stereocenters. The zero-order chi connectivity index (χ0) is 24.1. The minimum absolute atomic E-state index is 0.139. The molecule has 4 rings (SSSR count). The predicted molar refractivity (Wildman–Crippen MR) is 132 cm³/mol. The number of fused-ring (bicyclic) bond motifs is 1. The zero-order valence-corrected chi connectivity index (χ0v) is 19.8. The number of rotatable bonds is 8. The Balaban J connectivity index is 1.35. The highest BCUT2D eigenvalue weighted by Gasteiger charge is 2.21. The van der Waals surface area contributed by atoms with Crippen molar-refractivity contribution in [2.75, 3.05) is 13.2 Å². The molecule has 0 radical (unpaired) electrons. The summed E-state index contributed by atoms with van der Waals surface area (Å²) in [6, 6.07) is 20.3. The van der Waals surface area contributed by atoms with Crippen LogP contribution < -0.4 is 10.9 Å². The van der Waals surface area contributed by atoms with Gasteiger partial charge < -0.3 is 15.0 Å². The number of hydrogen-bond acceptors (Lipinski definition) is 6. The maximum Gasteiger partial charge on any atom is 0.349 e. The summed E-state index contributed by atoms with van der Waals surface area (Å²) in [5.41, 5.74) is 2.56. The van der Waals surface area contributed by atoms with Crippen LogP contribution in [-0.2, 0) is 9.53 Å². The van der Waals surface area contributed by atoms with Crippen LogP contribution in [0.1, 0.15) is 44.5 Å². The molecule has 0 aliphatic heterocycles. The van der Waals surface area contributed by atoms with Crippen molar-refractivity contribution in [2.24, 2.45) is 0 Å². The fraction of sp³-hybridized carbons (Fsp3) is 0.231. The molecule has 0 bridgehead atoms. The van der Waals surface area contributed by atoms with Crippen molar-refractivity contribution in [3.8, 4) is 0 Å². The van der Waals surface area contributed by atoms with Gasteiger partial charge in [-0.2, -0.15) is 0 Å². The fourth-order valence-corrected chi connectivity index (χ4v) is 5.07. The van der Waals surface area contributed by atoms with Crippen molar-refractivity contribution in [2.45, 2.75) is 26.2 Å². The number of aryl methyl sites for hydroxylation is 2. The van der Waals surface area contributed by atoms with Gasteiger partial charge in [0.1, 0.15) is 15.5 Å². The molecule has 0 spiro atoms. The van der Waals surface area contributed by atoms with Gasteiger partial charge >= 0.3 is 5.97 Å². The van der Waals surface area contributed by atoms with E-state index in [2.05, 4.69) is 39.6 Å². The number of aromatic amines is 1. The maximum atomic E-state index is 12.6. The Morgan fingerprint density at radius 2 is 1.65 bits per heavy atom. The van der Waals surface area contributed by atoms with Crippen LogP contribution in [0.3, 0.4) is 0 Å². The lowest BCUT2D eigenvalue weighted by Crippen LogP contribution is -2.30. The predicted octanol–water partition coefficient (Wildman–Crippen LogP) is 4.10. The van der Waals surface area contributed by atoms with Crippen LogP contribution in [0.2, 0.25) is 0 Å². The molecule has 0 fully saturated rings. The summed E-state index contributed by atoms with van der Waals surface area (Å²) in [6.07, 6.45) is 0.705. The Hall–Kier alpha value is -3.78. The van der Waals surface area contributed by atoms with Crippen molar-refractivity contribution >= 4 is 33.4 Å². The Bertz CT molecular complexity index is 1320. The lowest BCUT2D eigenvalue weighted by Gasteiger charge is -2.18. The number of hydrogen-bond donors (Lipinski definition) is 2. The van der Waals surface area contributed by atoms with Crippen LogP contribution >= 0.6 is 11.3 Å². The summed E-state index contributed by atoms with van der Waals surface area (Å²) in [6.45, 7) is 3.40. The average Bonchev–Trinajstić information content (AvgIpc) is 3.17. The average molecular weight is 476 g/mol. The second-order valence-corrected chi connectivity index (χ2v) is 8.98. The monoisotopic (exact) mass is 475 g/mol. The van der Waals surface area contributed by atoms with Gasteiger partial charge in [0, 0.05) is 12.5 Å². The van der Waals surface area contributed by atoms with Crippen molar-refractivity contribution in [1.82, 2.24) is 15.3 Å². The number of esters is 1. The largest absolute Gasteiger partial charge is 0.451 e. The van der Waals surface area contributed by atoms with Gasteiger partial charge in [0.25, 0.3) is 11.5 Å². The number of nitrogens with zero attached hydrogens (tertiary/aromatic N) is 1. The van der Waals surface area contributed by atoms with E-state index in [9.17, 15) is 14.4 Å². The van der Waals surface area contributed by atoms with E-state index in [-0.39, 0.29) is 22.3 Å². The summed E-state index contributed by atoms with van der Waals surface area (Å²) in [5.74, 6) is -0.402. The molecule has 0 aliphatic rings. The summed E-state index contributed by atoms with van der Waals surface area (Å²) >= 11 is 1.09. The number of thiophene rings is 1. The SMILES string of the molecule is Cc1nc2sc(C(=O)OCC(=O)NCCC(c3ccccc3)c3ccccc3)c(C)c2c(=O)[nH]1. The molecular weight excluding hydrogens is 450 g/mol. The molecule has 4 aromatic rings. The van der Waals surface area contributed by atoms with E-state index in [1.807, 2.05) is 36.4 Å². The highest BCUT2D eigenvalue weighted by Crippen LogP contribution is 2.28. The number of carbonyl (C=O) groups is 2. The number of benzene rings is 2. The van der Waals surface area contributed by atoms with Crippen molar-refractivity contribution in [3.63, 3.8) is 0 Å². The summed E-state index contributed by atoms with van der Waals surface area (Å²) in [4.78, 5) is 44.8. The van der Waals surface area contributed by atoms with Crippen molar-refractivity contribution in [3.05, 3.63) is 98.4 Å². The van der Waals surface area contributed by atoms with Gasteiger partial charge in [-0.15, -0.1) is 11.3 Å². The molecule has 0 aliphatic carbocycles. The van der Waals surface area contributed by atoms with E-state index in [4.69, 9.17) is 4.74 Å². The normalized spacial score (nSPS) is 11.0. The van der Waals surface area contributed by atoms with Crippen molar-refractivity contribution < 1.29 is 14.3 Å². The molecule has 2 N–H and O–H groups in total. The molecule has 0 saturated carbocycles. The number of nitrogens with one attached hydrogen (secondary N) is 2. The molecular formula is C26H25N3O4S. The standard InChI is InChI=1S/C26H25N3O4S/c1-16-22-24(31)28-17(2)29-25(22)34-23(16)26(32)33-15-21(30)27-14-13-20(18-9-5-3-6-10-18)19-11-7-4-8-12-19/h3-12,20H,13-15H2,1-2H3,(H,27,30)(H,28,29,31). The quantitative estimate of drug-likeness (QED) is 0.374. The first-order chi connectivity index (χ1) is 16.4. The third-order valence-electron chi connectivity index (χ3n) is 5.60. The van der Waals surface area contributed by atoms with Crippen molar-refractivity contribution in [1.29, 1.82) is 0 Å². The van der Waals surface area contributed by atoms with E-state index >= 15 is 0 Å². The highest BCUT2D eigenvalue weighted by atomic mass is 32.1. The molecule has 2 heterocycles. The van der Waals surface area contributed by atoms with E-state index in [1.165, 1.54) is 11.1 Å². The lowest BCUT2D eigenvalue weighted by molar-refractivity contribution is -0.124. The number of carbonyl (C=O) groups excluding carboxylic acids is 2. The van der Waals surface area contributed by atoms with Gasteiger partial charge in [-0.3, -0.25) is 9.59 Å². The second kappa shape index (κ2) is 10.4. The minimum atomic E-state index is -0.640. The molecule has 34 heavy (non-hydrogen) atoms. The Morgan fingerprint density at radius 1 is 1.03 bits per heavy atom. The van der Waals surface area contributed by atoms with Crippen LogP contribution in [0.4, 0.5) is 0 Å². The highest BCUT2D eigenvalue weighted by molar-refractivity contribution is 7.20. The summed E-state index contributed by atoms with van der Waals surface area (Å²) in [7, 11) is 0. The number of amides is 1. The summed E-state index contributed by atoms with van der Waals surface area (Å²) < 4.78 is 5.22. The Kier molecular flexibility index (Phi) is 7.18. The van der Waals surface area contributed by atoms with Crippen LogP contribution in [0.25, 0.3) is 10.2 Å². The molecule has 0 saturated heterocycles. The third-order valence-corrected chi connectivity index (χ3v) is 6.76. The van der Waals surface area contributed by atoms with E-state index in [0.29, 0.717) is 34.6 Å². The zero-order valence-electron chi connectivity index (χ0n) is 19.0. The number of ether oxygens (including phenoxy) is 1. The molecule has 7 nitrogen and oxygen atoms in total. The molecule has 174 valence electrons. The second-order valence-electron chi connectivity index (χ2n) is 7.98. The number of H-pyrrole nitrogens is 1. The van der Waals surface area contributed by atoms with Crippen LogP contribution in [0, 0.1) is 13.8 Å². The smallest absolute Gasteiger partial charge is 0.349 e. The first-order valence-electron chi connectivity index (χ1n) is 11.0. The summed E-state index contributed by atoms with van der Waals surface area (Å²) in [5, 5.41) is 3.21. The van der Waals surface area contributed by atoms with E-state index in [1.54, 1.807) is 13.8 Å². The molecule has 1 amide bonds. The van der Waals surface area contributed by atoms with Gasteiger partial charge in [-0.25, -0.2) is 9.78 Å². The van der Waals surface area contributed by atoms with Gasteiger partial charge in [-0.1, -0.05) is 60.7 Å². The molecule has 2 aromatic heterocycles.